The van der Waals surface area contributed by atoms with Crippen LogP contribution in [0.15, 0.2) is 42.5 Å². The van der Waals surface area contributed by atoms with Crippen LogP contribution < -0.4 is 0 Å². The molecule has 90 valence electrons. The smallest absolute Gasteiger partial charge is 0.0915 e. The van der Waals surface area contributed by atoms with Crippen LogP contribution in [-0.2, 0) is 4.33 Å². The summed E-state index contributed by atoms with van der Waals surface area (Å²) < 4.78 is -3.37. The quantitative estimate of drug-likeness (QED) is 0.577. The van der Waals surface area contributed by atoms with Gasteiger partial charge in [-0.3, -0.25) is 0 Å². The van der Waals surface area contributed by atoms with Crippen molar-refractivity contribution in [1.29, 1.82) is 0 Å². The summed E-state index contributed by atoms with van der Waals surface area (Å²) in [5, 5.41) is 2.06. The van der Waals surface area contributed by atoms with E-state index in [1.807, 2.05) is 36.4 Å². The van der Waals surface area contributed by atoms with Crippen molar-refractivity contribution in [3.05, 3.63) is 48.0 Å². The normalized spacial score (nSPS) is 13.0. The Kier molecular flexibility index (Phi) is 3.74. The minimum absolute atomic E-state index is 0.555. The summed E-state index contributed by atoms with van der Waals surface area (Å²) in [6.07, 6.45) is 0. The Morgan fingerprint density at radius 2 is 1.29 bits per heavy atom. The van der Waals surface area contributed by atoms with E-state index in [1.165, 1.54) is 0 Å². The maximum atomic E-state index is 6.11. The molecule has 0 bridgehead atoms. The standard InChI is InChI=1S/C12H7Cl5/c13-11(14,12(15,16)17)10-6-5-8-3-1-2-4-9(8)7-10/h1-7H. The van der Waals surface area contributed by atoms with Gasteiger partial charge in [-0.25, -0.2) is 0 Å². The van der Waals surface area contributed by atoms with Gasteiger partial charge in [-0.2, -0.15) is 0 Å². The van der Waals surface area contributed by atoms with E-state index in [0.29, 0.717) is 5.56 Å². The molecule has 5 heteroatoms. The predicted octanol–water partition coefficient (Wildman–Crippen LogP) is 5.84. The Hall–Kier alpha value is 0.150. The molecular weight excluding hydrogens is 321 g/mol. The highest BCUT2D eigenvalue weighted by molar-refractivity contribution is 6.75. The van der Waals surface area contributed by atoms with E-state index in [4.69, 9.17) is 58.0 Å². The first kappa shape index (κ1) is 13.6. The van der Waals surface area contributed by atoms with Gasteiger partial charge < -0.3 is 0 Å². The molecule has 0 aliphatic heterocycles. The van der Waals surface area contributed by atoms with Gasteiger partial charge in [-0.15, -0.1) is 0 Å². The highest BCUT2D eigenvalue weighted by atomic mass is 35.6. The average Bonchev–Trinajstić information content (AvgIpc) is 2.27. The van der Waals surface area contributed by atoms with Gasteiger partial charge in [0.15, 0.2) is 4.33 Å². The Bertz CT molecular complexity index is 542. The van der Waals surface area contributed by atoms with Gasteiger partial charge in [0, 0.05) is 0 Å². The van der Waals surface area contributed by atoms with E-state index in [9.17, 15) is 0 Å². The van der Waals surface area contributed by atoms with Gasteiger partial charge in [0.05, 0.1) is 0 Å². The number of fused-ring (bicyclic) bond motifs is 1. The molecule has 0 spiro atoms. The van der Waals surface area contributed by atoms with Crippen molar-refractivity contribution in [2.24, 2.45) is 0 Å². The Morgan fingerprint density at radius 3 is 1.88 bits per heavy atom. The third-order valence-electron chi connectivity index (χ3n) is 2.47. The number of rotatable bonds is 1. The Morgan fingerprint density at radius 1 is 0.706 bits per heavy atom. The van der Waals surface area contributed by atoms with Gasteiger partial charge in [0.25, 0.3) is 0 Å². The molecule has 0 aliphatic rings. The molecule has 0 heterocycles. The van der Waals surface area contributed by atoms with Crippen LogP contribution in [0.1, 0.15) is 5.56 Å². The van der Waals surface area contributed by atoms with Gasteiger partial charge in [-0.05, 0) is 22.4 Å². The Labute approximate surface area is 124 Å². The first-order valence-corrected chi connectivity index (χ1v) is 6.65. The van der Waals surface area contributed by atoms with Crippen LogP contribution in [0, 0.1) is 0 Å². The lowest BCUT2D eigenvalue weighted by Gasteiger charge is -2.27. The summed E-state index contributed by atoms with van der Waals surface area (Å²) in [4.78, 5) is 0. The highest BCUT2D eigenvalue weighted by Gasteiger charge is 2.47. The van der Waals surface area contributed by atoms with Crippen LogP contribution in [0.4, 0.5) is 0 Å². The molecule has 0 aliphatic carbocycles. The number of hydrogen-bond donors (Lipinski definition) is 0. The summed E-state index contributed by atoms with van der Waals surface area (Å²) >= 11 is 29.5. The fourth-order valence-corrected chi connectivity index (χ4v) is 2.11. The van der Waals surface area contributed by atoms with Crippen molar-refractivity contribution >= 4 is 68.8 Å². The number of hydrogen-bond acceptors (Lipinski definition) is 0. The SMILES string of the molecule is ClC(Cl)(Cl)C(Cl)(Cl)c1ccc2ccccc2c1. The topological polar surface area (TPSA) is 0 Å². The third-order valence-corrected chi connectivity index (χ3v) is 4.90. The van der Waals surface area contributed by atoms with Crippen molar-refractivity contribution in [3.63, 3.8) is 0 Å². The van der Waals surface area contributed by atoms with Crippen molar-refractivity contribution in [2.45, 2.75) is 8.13 Å². The molecular formula is C12H7Cl5. The molecule has 0 radical (unpaired) electrons. The maximum absolute atomic E-state index is 6.11. The predicted molar refractivity (Wildman–Crippen MR) is 77.6 cm³/mol. The largest absolute Gasteiger partial charge is 0.227 e. The molecule has 0 saturated heterocycles. The van der Waals surface area contributed by atoms with Gasteiger partial charge >= 0.3 is 0 Å². The van der Waals surface area contributed by atoms with Gasteiger partial charge in [-0.1, -0.05) is 94.4 Å². The van der Waals surface area contributed by atoms with Crippen LogP contribution in [-0.4, -0.2) is 3.79 Å². The number of halogens is 5. The van der Waals surface area contributed by atoms with Crippen LogP contribution in [0.3, 0.4) is 0 Å². The molecule has 17 heavy (non-hydrogen) atoms. The number of benzene rings is 2. The molecule has 0 atom stereocenters. The first-order valence-electron chi connectivity index (χ1n) is 4.76. The lowest BCUT2D eigenvalue weighted by Crippen LogP contribution is -2.28. The van der Waals surface area contributed by atoms with Gasteiger partial charge in [0.1, 0.15) is 0 Å². The van der Waals surface area contributed by atoms with Crippen LogP contribution in [0.2, 0.25) is 0 Å². The Balaban J connectivity index is 2.57. The first-order chi connectivity index (χ1) is 7.82. The van der Waals surface area contributed by atoms with E-state index < -0.39 is 8.13 Å². The van der Waals surface area contributed by atoms with E-state index in [1.54, 1.807) is 6.07 Å². The maximum Gasteiger partial charge on any atom is 0.227 e. The zero-order valence-corrected chi connectivity index (χ0v) is 12.2. The summed E-state index contributed by atoms with van der Waals surface area (Å²) in [7, 11) is 0. The second-order valence-electron chi connectivity index (χ2n) is 3.63. The third kappa shape index (κ3) is 2.62. The fourth-order valence-electron chi connectivity index (χ4n) is 1.55. The van der Waals surface area contributed by atoms with Crippen LogP contribution in [0.25, 0.3) is 10.8 Å². The van der Waals surface area contributed by atoms with Crippen LogP contribution >= 0.6 is 58.0 Å². The summed E-state index contributed by atoms with van der Waals surface area (Å²) in [6.45, 7) is 0. The molecule has 0 amide bonds. The second-order valence-corrected chi connectivity index (χ2v) is 7.24. The molecule has 2 aromatic rings. The van der Waals surface area contributed by atoms with Crippen molar-refractivity contribution < 1.29 is 0 Å². The second kappa shape index (κ2) is 4.68. The summed E-state index contributed by atoms with van der Waals surface area (Å²) in [5.41, 5.74) is 0.555. The van der Waals surface area contributed by atoms with Crippen molar-refractivity contribution in [2.75, 3.05) is 0 Å². The lowest BCUT2D eigenvalue weighted by molar-refractivity contribution is 0.880. The van der Waals surface area contributed by atoms with Crippen molar-refractivity contribution in [1.82, 2.24) is 0 Å². The molecule has 0 aromatic heterocycles. The lowest BCUT2D eigenvalue weighted by atomic mass is 10.1. The highest BCUT2D eigenvalue weighted by Crippen LogP contribution is 2.53. The van der Waals surface area contributed by atoms with E-state index in [0.717, 1.165) is 10.8 Å². The summed E-state index contributed by atoms with van der Waals surface area (Å²) in [5.74, 6) is 0. The van der Waals surface area contributed by atoms with Gasteiger partial charge in [0.2, 0.25) is 3.79 Å². The molecule has 2 aromatic carbocycles. The number of alkyl halides is 5. The zero-order valence-electron chi connectivity index (χ0n) is 8.43. The molecule has 0 unspecified atom stereocenters. The van der Waals surface area contributed by atoms with E-state index in [-0.39, 0.29) is 0 Å². The van der Waals surface area contributed by atoms with E-state index in [2.05, 4.69) is 0 Å². The molecule has 0 fully saturated rings. The van der Waals surface area contributed by atoms with Crippen molar-refractivity contribution in [3.8, 4) is 0 Å². The average molecular weight is 328 g/mol. The molecule has 0 N–H and O–H groups in total. The minimum Gasteiger partial charge on any atom is -0.0915 e. The van der Waals surface area contributed by atoms with E-state index >= 15 is 0 Å². The minimum atomic E-state index is -1.79. The molecule has 0 nitrogen and oxygen atoms in total. The fraction of sp³-hybridized carbons (Fsp3) is 0.167. The molecule has 0 saturated carbocycles. The monoisotopic (exact) mass is 326 g/mol. The zero-order chi connectivity index (χ0) is 12.7. The molecule has 2 rings (SSSR count). The summed E-state index contributed by atoms with van der Waals surface area (Å²) in [6, 6.07) is 13.3. The van der Waals surface area contributed by atoms with Crippen LogP contribution in [0.5, 0.6) is 0 Å².